The smallest absolute Gasteiger partial charge is 0.193 e. The number of nitrogens with one attached hydrogen (secondary N) is 1. The fourth-order valence-corrected chi connectivity index (χ4v) is 4.02. The molecule has 2 aliphatic heterocycles. The van der Waals surface area contributed by atoms with Gasteiger partial charge in [0.2, 0.25) is 0 Å². The van der Waals surface area contributed by atoms with Crippen LogP contribution in [-0.2, 0) is 0 Å². The van der Waals surface area contributed by atoms with Crippen LogP contribution in [0.1, 0.15) is 31.7 Å². The maximum Gasteiger partial charge on any atom is 0.193 e. The van der Waals surface area contributed by atoms with E-state index in [1.165, 1.54) is 44.5 Å². The van der Waals surface area contributed by atoms with Gasteiger partial charge in [-0.3, -0.25) is 4.99 Å². The van der Waals surface area contributed by atoms with E-state index in [2.05, 4.69) is 40.0 Å². The molecule has 1 aromatic carbocycles. The molecular weight excluding hydrogens is 451 g/mol. The van der Waals surface area contributed by atoms with Gasteiger partial charge in [0.05, 0.1) is 6.54 Å². The average molecular weight is 486 g/mol. The number of guanidine groups is 1. The predicted molar refractivity (Wildman–Crippen MR) is 123 cm³/mol. The number of aliphatic imine (C=N–C) groups is 1. The first-order chi connectivity index (χ1) is 12.7. The Balaban J connectivity index is 0.00000261. The second-order valence-electron chi connectivity index (χ2n) is 7.73. The Bertz CT molecular complexity index is 604. The summed E-state index contributed by atoms with van der Waals surface area (Å²) in [5.74, 6) is 2.74. The van der Waals surface area contributed by atoms with E-state index in [9.17, 15) is 0 Å². The van der Waals surface area contributed by atoms with Gasteiger partial charge in [-0.15, -0.1) is 24.0 Å². The van der Waals surface area contributed by atoms with E-state index in [1.54, 1.807) is 0 Å². The summed E-state index contributed by atoms with van der Waals surface area (Å²) in [5.41, 5.74) is 1.17. The highest BCUT2D eigenvalue weighted by molar-refractivity contribution is 14.0. The topological polar surface area (TPSA) is 40.1 Å². The molecule has 0 aromatic heterocycles. The monoisotopic (exact) mass is 486 g/mol. The van der Waals surface area contributed by atoms with Crippen molar-refractivity contribution >= 4 is 29.9 Å². The largest absolute Gasteiger partial charge is 0.489 e. The SMILES string of the molecule is CN=C(NCC(C)Oc1ccccc1C)N1CCC(CN2CCCC2)C1.I. The fraction of sp³-hybridized carbons (Fsp3) is 0.667. The predicted octanol–water partition coefficient (Wildman–Crippen LogP) is 3.37. The van der Waals surface area contributed by atoms with Gasteiger partial charge in [-0.1, -0.05) is 18.2 Å². The van der Waals surface area contributed by atoms with Gasteiger partial charge in [-0.2, -0.15) is 0 Å². The van der Waals surface area contributed by atoms with Crippen molar-refractivity contribution in [2.45, 2.75) is 39.2 Å². The number of benzene rings is 1. The summed E-state index contributed by atoms with van der Waals surface area (Å²) in [7, 11) is 1.88. The lowest BCUT2D eigenvalue weighted by atomic mass is 10.1. The summed E-state index contributed by atoms with van der Waals surface area (Å²) >= 11 is 0. The first-order valence-corrected chi connectivity index (χ1v) is 10.1. The summed E-state index contributed by atoms with van der Waals surface area (Å²) in [5, 5.41) is 3.50. The van der Waals surface area contributed by atoms with Crippen LogP contribution in [0.2, 0.25) is 0 Å². The van der Waals surface area contributed by atoms with Gasteiger partial charge in [0.15, 0.2) is 5.96 Å². The highest BCUT2D eigenvalue weighted by Crippen LogP contribution is 2.20. The van der Waals surface area contributed by atoms with Gasteiger partial charge in [0.25, 0.3) is 0 Å². The first-order valence-electron chi connectivity index (χ1n) is 10.1. The third kappa shape index (κ3) is 6.52. The zero-order valence-electron chi connectivity index (χ0n) is 17.0. The van der Waals surface area contributed by atoms with Crippen molar-refractivity contribution in [1.29, 1.82) is 0 Å². The number of hydrogen-bond acceptors (Lipinski definition) is 3. The quantitative estimate of drug-likeness (QED) is 0.381. The number of aryl methyl sites for hydroxylation is 1. The van der Waals surface area contributed by atoms with Gasteiger partial charge >= 0.3 is 0 Å². The van der Waals surface area contributed by atoms with Crippen molar-refractivity contribution < 1.29 is 4.74 Å². The van der Waals surface area contributed by atoms with Crippen LogP contribution in [0.15, 0.2) is 29.3 Å². The molecule has 27 heavy (non-hydrogen) atoms. The molecule has 2 atom stereocenters. The molecular formula is C21H35IN4O. The molecule has 1 aromatic rings. The van der Waals surface area contributed by atoms with E-state index in [-0.39, 0.29) is 30.1 Å². The Morgan fingerprint density at radius 3 is 2.70 bits per heavy atom. The van der Waals surface area contributed by atoms with Crippen molar-refractivity contribution in [1.82, 2.24) is 15.1 Å². The van der Waals surface area contributed by atoms with Crippen molar-refractivity contribution in [3.63, 3.8) is 0 Å². The molecule has 6 heteroatoms. The van der Waals surface area contributed by atoms with Gasteiger partial charge in [-0.05, 0) is 63.7 Å². The number of para-hydroxylation sites is 1. The van der Waals surface area contributed by atoms with Crippen LogP contribution in [0.4, 0.5) is 0 Å². The molecule has 3 rings (SSSR count). The van der Waals surface area contributed by atoms with Crippen LogP contribution >= 0.6 is 24.0 Å². The molecule has 2 heterocycles. The number of likely N-dealkylation sites (tertiary alicyclic amines) is 2. The highest BCUT2D eigenvalue weighted by atomic mass is 127. The molecule has 0 amide bonds. The molecule has 1 N–H and O–H groups in total. The zero-order chi connectivity index (χ0) is 18.4. The second-order valence-corrected chi connectivity index (χ2v) is 7.73. The Kier molecular flexibility index (Phi) is 9.15. The molecule has 2 aliphatic rings. The Labute approximate surface area is 181 Å². The molecule has 2 unspecified atom stereocenters. The lowest BCUT2D eigenvalue weighted by Crippen LogP contribution is -2.44. The summed E-state index contributed by atoms with van der Waals surface area (Å²) in [6.07, 6.45) is 4.11. The molecule has 152 valence electrons. The summed E-state index contributed by atoms with van der Waals surface area (Å²) in [6, 6.07) is 8.17. The average Bonchev–Trinajstić information content (AvgIpc) is 3.30. The van der Waals surface area contributed by atoms with Crippen LogP contribution in [0.5, 0.6) is 5.75 Å². The summed E-state index contributed by atoms with van der Waals surface area (Å²) < 4.78 is 6.07. The van der Waals surface area contributed by atoms with Gasteiger partial charge < -0.3 is 19.9 Å². The maximum absolute atomic E-state index is 6.07. The van der Waals surface area contributed by atoms with Crippen molar-refractivity contribution in [3.05, 3.63) is 29.8 Å². The Hall–Kier alpha value is -1.02. The molecule has 5 nitrogen and oxygen atoms in total. The van der Waals surface area contributed by atoms with E-state index < -0.39 is 0 Å². The molecule has 0 aliphatic carbocycles. The lowest BCUT2D eigenvalue weighted by molar-refractivity contribution is 0.221. The van der Waals surface area contributed by atoms with Gasteiger partial charge in [-0.25, -0.2) is 0 Å². The minimum absolute atomic E-state index is 0. The van der Waals surface area contributed by atoms with Crippen LogP contribution in [0.25, 0.3) is 0 Å². The van der Waals surface area contributed by atoms with Crippen LogP contribution in [-0.4, -0.2) is 68.2 Å². The first kappa shape index (κ1) is 22.3. The van der Waals surface area contributed by atoms with Gasteiger partial charge in [0, 0.05) is 26.7 Å². The van der Waals surface area contributed by atoms with Crippen molar-refractivity contribution in [2.24, 2.45) is 10.9 Å². The third-order valence-corrected chi connectivity index (χ3v) is 5.48. The molecule has 0 saturated carbocycles. The number of nitrogens with zero attached hydrogens (tertiary/aromatic N) is 3. The highest BCUT2D eigenvalue weighted by Gasteiger charge is 2.27. The van der Waals surface area contributed by atoms with E-state index >= 15 is 0 Å². The number of rotatable bonds is 6. The zero-order valence-corrected chi connectivity index (χ0v) is 19.3. The van der Waals surface area contributed by atoms with Crippen LogP contribution < -0.4 is 10.1 Å². The maximum atomic E-state index is 6.07. The molecule has 0 bridgehead atoms. The fourth-order valence-electron chi connectivity index (χ4n) is 4.02. The van der Waals surface area contributed by atoms with E-state index in [4.69, 9.17) is 4.74 Å². The minimum Gasteiger partial charge on any atom is -0.489 e. The Morgan fingerprint density at radius 1 is 1.26 bits per heavy atom. The molecule has 2 fully saturated rings. The minimum atomic E-state index is 0. The van der Waals surface area contributed by atoms with Crippen molar-refractivity contribution in [3.8, 4) is 5.75 Å². The normalized spacial score (nSPS) is 21.8. The number of halogens is 1. The summed E-state index contributed by atoms with van der Waals surface area (Å²) in [4.78, 5) is 9.53. The lowest BCUT2D eigenvalue weighted by Gasteiger charge is -2.25. The molecule has 0 spiro atoms. The van der Waals surface area contributed by atoms with Crippen LogP contribution in [0.3, 0.4) is 0 Å². The number of ether oxygens (including phenoxy) is 1. The van der Waals surface area contributed by atoms with E-state index in [0.29, 0.717) is 0 Å². The Morgan fingerprint density at radius 2 is 2.00 bits per heavy atom. The second kappa shape index (κ2) is 11.1. The molecule has 0 radical (unpaired) electrons. The molecule has 2 saturated heterocycles. The third-order valence-electron chi connectivity index (χ3n) is 5.48. The van der Waals surface area contributed by atoms with Crippen molar-refractivity contribution in [2.75, 3.05) is 46.3 Å². The van der Waals surface area contributed by atoms with Crippen LogP contribution in [0, 0.1) is 12.8 Å². The number of hydrogen-bond donors (Lipinski definition) is 1. The van der Waals surface area contributed by atoms with E-state index in [0.717, 1.165) is 37.3 Å². The van der Waals surface area contributed by atoms with Gasteiger partial charge in [0.1, 0.15) is 11.9 Å². The van der Waals surface area contributed by atoms with E-state index in [1.807, 2.05) is 25.2 Å². The summed E-state index contributed by atoms with van der Waals surface area (Å²) in [6.45, 7) is 11.0. The standard InChI is InChI=1S/C21H34N4O.HI/c1-17-8-4-5-9-20(17)26-18(2)14-23-21(22-3)25-13-10-19(16-25)15-24-11-6-7-12-24;/h4-5,8-9,18-19H,6-7,10-16H2,1-3H3,(H,22,23);1H.